The summed E-state index contributed by atoms with van der Waals surface area (Å²) in [6, 6.07) is 11.0. The third kappa shape index (κ3) is 1.20. The Balaban J connectivity index is 2.50. The van der Waals surface area contributed by atoms with Crippen LogP contribution in [0.4, 0.5) is 0 Å². The minimum absolute atomic E-state index is 0.829. The second kappa shape index (κ2) is 3.12. The van der Waals surface area contributed by atoms with Crippen molar-refractivity contribution >= 4 is 34.9 Å². The van der Waals surface area contributed by atoms with Gasteiger partial charge in [-0.1, -0.05) is 28.1 Å². The second-order valence-electron chi connectivity index (χ2n) is 3.39. The lowest BCUT2D eigenvalue weighted by Crippen LogP contribution is -1.68. The molecule has 1 heterocycles. The summed E-state index contributed by atoms with van der Waals surface area (Å²) in [6.45, 7) is 0. The lowest BCUT2D eigenvalue weighted by molar-refractivity contribution is 1.76. The highest BCUT2D eigenvalue weighted by molar-refractivity contribution is 9.10. The van der Waals surface area contributed by atoms with Crippen molar-refractivity contribution in [3.63, 3.8) is 0 Å². The maximum absolute atomic E-state index is 3.50. The molecule has 14 heavy (non-hydrogen) atoms. The van der Waals surface area contributed by atoms with E-state index in [4.69, 9.17) is 0 Å². The summed E-state index contributed by atoms with van der Waals surface area (Å²) in [7, 11) is 0.829. The first kappa shape index (κ1) is 8.52. The Morgan fingerprint density at radius 2 is 2.00 bits per heavy atom. The molecule has 1 aliphatic heterocycles. The first-order valence-electron chi connectivity index (χ1n) is 4.49. The van der Waals surface area contributed by atoms with Gasteiger partial charge in [0, 0.05) is 4.47 Å². The SMILES string of the molecule is Brc1ccc2c3c[pH]ccc-3cc2c1. The molecule has 1 unspecified atom stereocenters. The largest absolute Gasteiger partial charge is 0.139 e. The van der Waals surface area contributed by atoms with Gasteiger partial charge in [0.05, 0.1) is 0 Å². The van der Waals surface area contributed by atoms with Gasteiger partial charge in [0.25, 0.3) is 0 Å². The summed E-state index contributed by atoms with van der Waals surface area (Å²) in [4.78, 5) is 0. The Morgan fingerprint density at radius 3 is 2.93 bits per heavy atom. The van der Waals surface area contributed by atoms with Gasteiger partial charge in [-0.25, -0.2) is 0 Å². The van der Waals surface area contributed by atoms with Gasteiger partial charge in [-0.2, -0.15) is 0 Å². The molecule has 0 radical (unpaired) electrons. The highest BCUT2D eigenvalue weighted by Gasteiger charge is 2.07. The van der Waals surface area contributed by atoms with E-state index in [0.717, 1.165) is 12.7 Å². The molecular weight excluding hydrogens is 255 g/mol. The van der Waals surface area contributed by atoms with E-state index in [1.165, 1.54) is 21.9 Å². The third-order valence-electron chi connectivity index (χ3n) is 2.51. The number of halogens is 1. The zero-order chi connectivity index (χ0) is 9.54. The van der Waals surface area contributed by atoms with E-state index in [1.807, 2.05) is 0 Å². The number of benzene rings is 1. The van der Waals surface area contributed by atoms with Crippen molar-refractivity contribution < 1.29 is 0 Å². The van der Waals surface area contributed by atoms with Crippen LogP contribution in [0.3, 0.4) is 0 Å². The van der Waals surface area contributed by atoms with Crippen LogP contribution in [0.5, 0.6) is 0 Å². The van der Waals surface area contributed by atoms with Crippen LogP contribution in [0, 0.1) is 0 Å². The minimum atomic E-state index is 0.829. The molecule has 1 aromatic rings. The maximum atomic E-state index is 3.50. The Morgan fingerprint density at radius 1 is 1.07 bits per heavy atom. The lowest BCUT2D eigenvalue weighted by atomic mass is 10.1. The predicted molar refractivity (Wildman–Crippen MR) is 67.8 cm³/mol. The number of rotatable bonds is 0. The summed E-state index contributed by atoms with van der Waals surface area (Å²) in [5.41, 5.74) is 2.77. The molecule has 0 aromatic heterocycles. The zero-order valence-corrected chi connectivity index (χ0v) is 10.0. The van der Waals surface area contributed by atoms with Crippen LogP contribution in [-0.2, 0) is 0 Å². The zero-order valence-electron chi connectivity index (χ0n) is 7.42. The van der Waals surface area contributed by atoms with Gasteiger partial charge in [0.15, 0.2) is 0 Å². The van der Waals surface area contributed by atoms with Crippen LogP contribution in [0.15, 0.2) is 46.4 Å². The topological polar surface area (TPSA) is 0 Å². The number of hydrogen-bond donors (Lipinski definition) is 0. The summed E-state index contributed by atoms with van der Waals surface area (Å²) in [5.74, 6) is 4.56. The van der Waals surface area contributed by atoms with Gasteiger partial charge >= 0.3 is 0 Å². The average Bonchev–Trinajstić information content (AvgIpc) is 2.54. The van der Waals surface area contributed by atoms with Crippen molar-refractivity contribution in [2.75, 3.05) is 0 Å². The van der Waals surface area contributed by atoms with Crippen LogP contribution < -0.4 is 0 Å². The molecule has 0 spiro atoms. The van der Waals surface area contributed by atoms with Crippen molar-refractivity contribution in [3.8, 4) is 11.1 Å². The van der Waals surface area contributed by atoms with Crippen molar-refractivity contribution in [2.45, 2.75) is 0 Å². The minimum Gasteiger partial charge on any atom is -0.139 e. The molecule has 2 heteroatoms. The Hall–Kier alpha value is -0.780. The lowest BCUT2D eigenvalue weighted by Gasteiger charge is -1.97. The summed E-state index contributed by atoms with van der Waals surface area (Å²) < 4.78 is 1.15. The van der Waals surface area contributed by atoms with E-state index in [0.29, 0.717) is 0 Å². The first-order valence-corrected chi connectivity index (χ1v) is 6.44. The normalized spacial score (nSPS) is 11.8. The van der Waals surface area contributed by atoms with Gasteiger partial charge < -0.3 is 0 Å². The highest BCUT2D eigenvalue weighted by atomic mass is 79.9. The highest BCUT2D eigenvalue weighted by Crippen LogP contribution is 2.36. The number of hydrogen-bond acceptors (Lipinski definition) is 0. The fraction of sp³-hybridized carbons (Fsp3) is 0. The molecule has 1 aromatic carbocycles. The second-order valence-corrected chi connectivity index (χ2v) is 5.26. The molecule has 0 fully saturated rings. The quantitative estimate of drug-likeness (QED) is 0.549. The van der Waals surface area contributed by atoms with Crippen LogP contribution in [-0.4, -0.2) is 0 Å². The molecule has 0 bridgehead atoms. The third-order valence-corrected chi connectivity index (χ3v) is 3.82. The Kier molecular flexibility index (Phi) is 1.90. The smallest absolute Gasteiger partial charge is 0.0181 e. The van der Waals surface area contributed by atoms with Crippen LogP contribution in [0.25, 0.3) is 21.9 Å². The molecule has 0 nitrogen and oxygen atoms in total. The maximum Gasteiger partial charge on any atom is 0.0181 e. The van der Waals surface area contributed by atoms with Crippen molar-refractivity contribution in [3.05, 3.63) is 46.4 Å². The van der Waals surface area contributed by atoms with E-state index >= 15 is 0 Å². The van der Waals surface area contributed by atoms with Crippen LogP contribution >= 0.6 is 24.1 Å². The first-order chi connectivity index (χ1) is 6.84. The summed E-state index contributed by atoms with van der Waals surface area (Å²) in [5, 5.41) is 2.71. The van der Waals surface area contributed by atoms with Crippen molar-refractivity contribution in [1.82, 2.24) is 0 Å². The van der Waals surface area contributed by atoms with E-state index in [-0.39, 0.29) is 0 Å². The molecule has 2 aliphatic rings. The van der Waals surface area contributed by atoms with E-state index in [1.54, 1.807) is 0 Å². The molecule has 0 saturated heterocycles. The van der Waals surface area contributed by atoms with E-state index in [9.17, 15) is 0 Å². The fourth-order valence-corrected chi connectivity index (χ4v) is 3.11. The monoisotopic (exact) mass is 262 g/mol. The standard InChI is InChI=1S/C12H8BrP/c13-10-1-2-11-9(6-10)5-8-3-4-14-7-12(8)11/h1-7,14H. The molecule has 1 atom stereocenters. The average molecular weight is 263 g/mol. The van der Waals surface area contributed by atoms with E-state index < -0.39 is 0 Å². The Bertz CT molecular complexity index is 568. The van der Waals surface area contributed by atoms with Gasteiger partial charge in [0.2, 0.25) is 0 Å². The van der Waals surface area contributed by atoms with Crippen molar-refractivity contribution in [2.24, 2.45) is 0 Å². The molecule has 1 aliphatic carbocycles. The molecule has 3 rings (SSSR count). The fourth-order valence-electron chi connectivity index (χ4n) is 1.87. The van der Waals surface area contributed by atoms with Gasteiger partial charge in [-0.15, -0.1) is 8.19 Å². The summed E-state index contributed by atoms with van der Waals surface area (Å²) >= 11 is 3.50. The molecular formula is C12H8BrP. The molecule has 0 saturated carbocycles. The summed E-state index contributed by atoms with van der Waals surface area (Å²) in [6.07, 6.45) is 0. The molecule has 0 N–H and O–H groups in total. The molecule has 0 amide bonds. The van der Waals surface area contributed by atoms with Crippen molar-refractivity contribution in [1.29, 1.82) is 0 Å². The van der Waals surface area contributed by atoms with Gasteiger partial charge in [0.1, 0.15) is 0 Å². The van der Waals surface area contributed by atoms with Gasteiger partial charge in [-0.05, 0) is 51.7 Å². The predicted octanol–water partition coefficient (Wildman–Crippen LogP) is 4.74. The van der Waals surface area contributed by atoms with E-state index in [2.05, 4.69) is 57.9 Å². The molecule has 68 valence electrons. The van der Waals surface area contributed by atoms with Gasteiger partial charge in [-0.3, -0.25) is 0 Å². The van der Waals surface area contributed by atoms with Crippen LogP contribution in [0.1, 0.15) is 0 Å². The van der Waals surface area contributed by atoms with Crippen LogP contribution in [0.2, 0.25) is 0 Å². The Labute approximate surface area is 92.5 Å². The number of fused-ring (bicyclic) bond motifs is 3.